The van der Waals surface area contributed by atoms with Gasteiger partial charge in [-0.15, -0.1) is 0 Å². The van der Waals surface area contributed by atoms with Crippen molar-refractivity contribution in [2.24, 2.45) is 0 Å². The van der Waals surface area contributed by atoms with Crippen LogP contribution in [0.2, 0.25) is 5.02 Å². The topological polar surface area (TPSA) is 39.7 Å². The number of thiocarbonyl (C=S) groups is 1. The minimum absolute atomic E-state index is 0.247. The number of rotatable bonds is 7. The molecule has 0 unspecified atom stereocenters. The van der Waals surface area contributed by atoms with Crippen LogP contribution in [0.15, 0.2) is 42.5 Å². The van der Waals surface area contributed by atoms with Crippen LogP contribution in [-0.4, -0.2) is 31.4 Å². The summed E-state index contributed by atoms with van der Waals surface area (Å²) >= 11 is 11.4. The highest BCUT2D eigenvalue weighted by molar-refractivity contribution is 7.80. The van der Waals surface area contributed by atoms with Crippen molar-refractivity contribution in [2.45, 2.75) is 25.6 Å². The Morgan fingerprint density at radius 3 is 2.73 bits per heavy atom. The summed E-state index contributed by atoms with van der Waals surface area (Å²) in [5.41, 5.74) is 1.93. The van der Waals surface area contributed by atoms with Crippen molar-refractivity contribution in [2.75, 3.05) is 20.3 Å². The molecular weight excluding hydrogens is 370 g/mol. The normalized spacial score (nSPS) is 16.3. The molecule has 0 saturated carbocycles. The average molecular weight is 392 g/mol. The number of methoxy groups -OCH3 is 1. The lowest BCUT2D eigenvalue weighted by atomic mass is 10.2. The molecule has 26 heavy (non-hydrogen) atoms. The third-order valence-electron chi connectivity index (χ3n) is 4.25. The van der Waals surface area contributed by atoms with Gasteiger partial charge >= 0.3 is 0 Å². The molecule has 1 N–H and O–H groups in total. The van der Waals surface area contributed by atoms with Gasteiger partial charge in [0.15, 0.2) is 11.5 Å². The van der Waals surface area contributed by atoms with Gasteiger partial charge in [0, 0.05) is 23.7 Å². The summed E-state index contributed by atoms with van der Waals surface area (Å²) in [6.07, 6.45) is 2.44. The molecule has 4 nitrogen and oxygen atoms in total. The highest BCUT2D eigenvalue weighted by atomic mass is 35.5. The van der Waals surface area contributed by atoms with E-state index in [1.54, 1.807) is 7.11 Å². The first-order valence-electron chi connectivity index (χ1n) is 8.61. The maximum Gasteiger partial charge on any atom is 0.161 e. The van der Waals surface area contributed by atoms with Crippen molar-refractivity contribution >= 4 is 28.8 Å². The first kappa shape index (κ1) is 19.0. The third-order valence-corrected chi connectivity index (χ3v) is 4.88. The molecule has 1 heterocycles. The zero-order valence-electron chi connectivity index (χ0n) is 14.7. The molecule has 0 aliphatic carbocycles. The molecule has 2 aromatic carbocycles. The summed E-state index contributed by atoms with van der Waals surface area (Å²) in [7, 11) is 1.62. The predicted molar refractivity (Wildman–Crippen MR) is 107 cm³/mol. The smallest absolute Gasteiger partial charge is 0.161 e. The van der Waals surface area contributed by atoms with E-state index in [-0.39, 0.29) is 6.10 Å². The lowest BCUT2D eigenvalue weighted by Crippen LogP contribution is -2.31. The molecule has 0 amide bonds. The molecule has 0 spiro atoms. The van der Waals surface area contributed by atoms with Crippen LogP contribution in [-0.2, 0) is 11.3 Å². The Labute approximate surface area is 164 Å². The van der Waals surface area contributed by atoms with Crippen LogP contribution >= 0.6 is 23.8 Å². The van der Waals surface area contributed by atoms with Gasteiger partial charge in [0.25, 0.3) is 0 Å². The largest absolute Gasteiger partial charge is 0.493 e. The fourth-order valence-corrected chi connectivity index (χ4v) is 3.12. The molecule has 138 valence electrons. The van der Waals surface area contributed by atoms with Crippen molar-refractivity contribution in [3.05, 3.63) is 58.6 Å². The van der Waals surface area contributed by atoms with Crippen molar-refractivity contribution in [3.63, 3.8) is 0 Å². The number of ether oxygens (including phenoxy) is 3. The van der Waals surface area contributed by atoms with Crippen molar-refractivity contribution in [1.29, 1.82) is 0 Å². The number of hydrogen-bond donors (Lipinski definition) is 1. The minimum atomic E-state index is 0.247. The highest BCUT2D eigenvalue weighted by Crippen LogP contribution is 2.29. The molecule has 1 fully saturated rings. The Balaban J connectivity index is 1.60. The standard InChI is InChI=1S/C20H22ClNO3S/c1-23-19-11-15(20(26)22-12-17-3-2-10-24-17)6-9-18(19)25-13-14-4-7-16(21)8-5-14/h4-9,11,17H,2-3,10,12-13H2,1H3,(H,22,26)/t17-/m1/s1. The fourth-order valence-electron chi connectivity index (χ4n) is 2.78. The lowest BCUT2D eigenvalue weighted by Gasteiger charge is -2.15. The molecule has 1 aliphatic rings. The number of nitrogens with one attached hydrogen (secondary N) is 1. The van der Waals surface area contributed by atoms with E-state index in [0.717, 1.165) is 37.1 Å². The zero-order chi connectivity index (χ0) is 18.4. The molecule has 0 aromatic heterocycles. The van der Waals surface area contributed by atoms with Crippen molar-refractivity contribution in [3.8, 4) is 11.5 Å². The molecule has 6 heteroatoms. The number of hydrogen-bond acceptors (Lipinski definition) is 4. The van der Waals surface area contributed by atoms with Gasteiger partial charge in [-0.3, -0.25) is 0 Å². The van der Waals surface area contributed by atoms with Crippen LogP contribution in [0.3, 0.4) is 0 Å². The molecule has 2 aromatic rings. The summed E-state index contributed by atoms with van der Waals surface area (Å²) in [6.45, 7) is 2.01. The summed E-state index contributed by atoms with van der Waals surface area (Å²) < 4.78 is 17.0. The molecule has 1 atom stereocenters. The van der Waals surface area contributed by atoms with E-state index in [4.69, 9.17) is 38.0 Å². The van der Waals surface area contributed by atoms with Crippen molar-refractivity contribution < 1.29 is 14.2 Å². The van der Waals surface area contributed by atoms with Crippen LogP contribution in [0.4, 0.5) is 0 Å². The van der Waals surface area contributed by atoms with E-state index in [0.29, 0.717) is 28.1 Å². The van der Waals surface area contributed by atoms with Gasteiger partial charge in [-0.25, -0.2) is 0 Å². The van der Waals surface area contributed by atoms with Crippen molar-refractivity contribution in [1.82, 2.24) is 5.32 Å². The molecular formula is C20H22ClNO3S. The van der Waals surface area contributed by atoms with E-state index < -0.39 is 0 Å². The molecule has 1 aliphatic heterocycles. The van der Waals surface area contributed by atoms with E-state index in [9.17, 15) is 0 Å². The quantitative estimate of drug-likeness (QED) is 0.709. The first-order chi connectivity index (χ1) is 12.7. The van der Waals surface area contributed by atoms with Gasteiger partial charge in [0.1, 0.15) is 11.6 Å². The van der Waals surface area contributed by atoms with Crippen LogP contribution in [0, 0.1) is 0 Å². The Morgan fingerprint density at radius 2 is 2.04 bits per heavy atom. The van der Waals surface area contributed by atoms with E-state index in [2.05, 4.69) is 5.32 Å². The Bertz CT molecular complexity index is 745. The van der Waals surface area contributed by atoms with Crippen LogP contribution < -0.4 is 14.8 Å². The Morgan fingerprint density at radius 1 is 1.23 bits per heavy atom. The molecule has 3 rings (SSSR count). The van der Waals surface area contributed by atoms with Gasteiger partial charge in [-0.1, -0.05) is 36.0 Å². The lowest BCUT2D eigenvalue weighted by molar-refractivity contribution is 0.114. The fraction of sp³-hybridized carbons (Fsp3) is 0.350. The monoisotopic (exact) mass is 391 g/mol. The van der Waals surface area contributed by atoms with Crippen LogP contribution in [0.5, 0.6) is 11.5 Å². The predicted octanol–water partition coefficient (Wildman–Crippen LogP) is 4.37. The average Bonchev–Trinajstić information content (AvgIpc) is 3.19. The summed E-state index contributed by atoms with van der Waals surface area (Å²) in [5.74, 6) is 1.32. The van der Waals surface area contributed by atoms with E-state index >= 15 is 0 Å². The Hall–Kier alpha value is -1.82. The minimum Gasteiger partial charge on any atom is -0.493 e. The zero-order valence-corrected chi connectivity index (χ0v) is 16.2. The van der Waals surface area contributed by atoms with Crippen LogP contribution in [0.25, 0.3) is 0 Å². The summed E-state index contributed by atoms with van der Waals surface area (Å²) in [5, 5.41) is 3.98. The molecule has 0 radical (unpaired) electrons. The van der Waals surface area contributed by atoms with Gasteiger partial charge in [-0.2, -0.15) is 0 Å². The molecule has 0 bridgehead atoms. The van der Waals surface area contributed by atoms with Gasteiger partial charge in [-0.05, 0) is 48.7 Å². The number of benzene rings is 2. The van der Waals surface area contributed by atoms with E-state index in [1.165, 1.54) is 0 Å². The second kappa shape index (κ2) is 9.21. The maximum absolute atomic E-state index is 5.90. The highest BCUT2D eigenvalue weighted by Gasteiger charge is 2.16. The first-order valence-corrected chi connectivity index (χ1v) is 9.39. The summed E-state index contributed by atoms with van der Waals surface area (Å²) in [4.78, 5) is 0.683. The van der Waals surface area contributed by atoms with E-state index in [1.807, 2.05) is 42.5 Å². The molecule has 1 saturated heterocycles. The van der Waals surface area contributed by atoms with Gasteiger partial charge in [0.2, 0.25) is 0 Å². The van der Waals surface area contributed by atoms with Crippen LogP contribution in [0.1, 0.15) is 24.0 Å². The SMILES string of the molecule is COc1cc(C(=S)NC[C@H]2CCCO2)ccc1OCc1ccc(Cl)cc1. The third kappa shape index (κ3) is 5.10. The second-order valence-electron chi connectivity index (χ2n) is 6.13. The second-order valence-corrected chi connectivity index (χ2v) is 6.97. The Kier molecular flexibility index (Phi) is 6.72. The van der Waals surface area contributed by atoms with Gasteiger partial charge < -0.3 is 19.5 Å². The maximum atomic E-state index is 5.90. The van der Waals surface area contributed by atoms with Gasteiger partial charge in [0.05, 0.1) is 13.2 Å². The number of halogens is 1. The summed E-state index contributed by atoms with van der Waals surface area (Å²) in [6, 6.07) is 13.3.